The molecule has 0 aromatic carbocycles. The van der Waals surface area contributed by atoms with Crippen molar-refractivity contribution in [2.24, 2.45) is 11.1 Å². The molecule has 0 aromatic heterocycles. The highest BCUT2D eigenvalue weighted by molar-refractivity contribution is 7.85. The normalized spacial score (nSPS) is 26.1. The molecule has 0 atom stereocenters. The average molecular weight is 262 g/mol. The maximum absolute atomic E-state index is 11.9. The molecule has 1 aliphatic heterocycles. The molecule has 0 aliphatic carbocycles. The van der Waals surface area contributed by atoms with E-state index in [9.17, 15) is 9.00 Å². The minimum Gasteiger partial charge on any atom is -0.392 e. The first-order chi connectivity index (χ1) is 7.34. The largest absolute Gasteiger partial charge is 0.392 e. The molecule has 0 saturated carbocycles. The van der Waals surface area contributed by atoms with Crippen LogP contribution in [0.2, 0.25) is 0 Å². The standard InChI is InChI=1S/C10H18N2O2S2/c1-10(2,8(11)15)9(13)12-7-3-5-16(14)6-4-7/h7H,3-6H2,1-2H3,(H2,11,15)(H,12,13). The molecule has 3 N–H and O–H groups in total. The molecule has 1 aliphatic rings. The van der Waals surface area contributed by atoms with E-state index in [1.807, 2.05) is 0 Å². The molecule has 6 heteroatoms. The zero-order valence-corrected chi connectivity index (χ0v) is 11.2. The van der Waals surface area contributed by atoms with Crippen molar-refractivity contribution in [3.63, 3.8) is 0 Å². The van der Waals surface area contributed by atoms with Crippen molar-refractivity contribution in [1.29, 1.82) is 0 Å². The number of nitrogens with one attached hydrogen (secondary N) is 1. The molecule has 0 bridgehead atoms. The van der Waals surface area contributed by atoms with Crippen LogP contribution in [0.3, 0.4) is 0 Å². The molecule has 0 spiro atoms. The number of thiocarbonyl (C=S) groups is 1. The van der Waals surface area contributed by atoms with Crippen LogP contribution >= 0.6 is 12.2 Å². The van der Waals surface area contributed by atoms with Crippen LogP contribution in [0.4, 0.5) is 0 Å². The third-order valence-electron chi connectivity index (χ3n) is 2.91. The van der Waals surface area contributed by atoms with Gasteiger partial charge >= 0.3 is 0 Å². The smallest absolute Gasteiger partial charge is 0.232 e. The Bertz CT molecular complexity index is 319. The summed E-state index contributed by atoms with van der Waals surface area (Å²) in [6.07, 6.45) is 1.54. The Morgan fingerprint density at radius 1 is 1.44 bits per heavy atom. The molecule has 0 aromatic rings. The first-order valence-electron chi connectivity index (χ1n) is 5.30. The number of rotatable bonds is 3. The zero-order valence-electron chi connectivity index (χ0n) is 9.62. The Kier molecular flexibility index (Phi) is 4.43. The van der Waals surface area contributed by atoms with E-state index < -0.39 is 16.2 Å². The molecule has 1 amide bonds. The quantitative estimate of drug-likeness (QED) is 0.719. The van der Waals surface area contributed by atoms with Crippen molar-refractivity contribution >= 4 is 33.9 Å². The molecule has 1 heterocycles. The van der Waals surface area contributed by atoms with Crippen LogP contribution in [0.1, 0.15) is 26.7 Å². The topological polar surface area (TPSA) is 72.2 Å². The van der Waals surface area contributed by atoms with Crippen molar-refractivity contribution in [2.45, 2.75) is 32.7 Å². The zero-order chi connectivity index (χ0) is 12.3. The van der Waals surface area contributed by atoms with E-state index in [4.69, 9.17) is 18.0 Å². The molecule has 0 radical (unpaired) electrons. The first-order valence-corrected chi connectivity index (χ1v) is 7.19. The average Bonchev–Trinajstić information content (AvgIpc) is 2.21. The second-order valence-electron chi connectivity index (χ2n) is 4.59. The lowest BCUT2D eigenvalue weighted by Gasteiger charge is -2.28. The van der Waals surface area contributed by atoms with Gasteiger partial charge < -0.3 is 11.1 Å². The van der Waals surface area contributed by atoms with Gasteiger partial charge in [-0.1, -0.05) is 12.2 Å². The van der Waals surface area contributed by atoms with E-state index >= 15 is 0 Å². The van der Waals surface area contributed by atoms with Gasteiger partial charge in [-0.15, -0.1) is 0 Å². The van der Waals surface area contributed by atoms with E-state index in [0.717, 1.165) is 12.8 Å². The van der Waals surface area contributed by atoms with Crippen LogP contribution in [0.25, 0.3) is 0 Å². The maximum Gasteiger partial charge on any atom is 0.232 e. The van der Waals surface area contributed by atoms with Crippen molar-refractivity contribution in [2.75, 3.05) is 11.5 Å². The van der Waals surface area contributed by atoms with Crippen LogP contribution in [0.15, 0.2) is 0 Å². The van der Waals surface area contributed by atoms with Gasteiger partial charge in [-0.2, -0.15) is 0 Å². The Hall–Kier alpha value is -0.490. The van der Waals surface area contributed by atoms with Gasteiger partial charge in [0, 0.05) is 28.3 Å². The molecular formula is C10H18N2O2S2. The lowest BCUT2D eigenvalue weighted by atomic mass is 9.91. The molecule has 1 rings (SSSR count). The summed E-state index contributed by atoms with van der Waals surface area (Å²) in [5.41, 5.74) is 4.71. The monoisotopic (exact) mass is 262 g/mol. The highest BCUT2D eigenvalue weighted by Gasteiger charge is 2.32. The van der Waals surface area contributed by atoms with Gasteiger partial charge in [0.25, 0.3) is 0 Å². The minimum atomic E-state index is -0.814. The van der Waals surface area contributed by atoms with E-state index in [1.54, 1.807) is 13.8 Å². The third kappa shape index (κ3) is 3.25. The molecule has 16 heavy (non-hydrogen) atoms. The first kappa shape index (κ1) is 13.6. The van der Waals surface area contributed by atoms with Gasteiger partial charge in [0.15, 0.2) is 0 Å². The van der Waals surface area contributed by atoms with Gasteiger partial charge in [-0.05, 0) is 26.7 Å². The van der Waals surface area contributed by atoms with E-state index in [2.05, 4.69) is 5.32 Å². The number of hydrogen-bond acceptors (Lipinski definition) is 3. The molecule has 4 nitrogen and oxygen atoms in total. The fourth-order valence-corrected chi connectivity index (χ4v) is 2.81. The number of carbonyl (C=O) groups excluding carboxylic acids is 1. The van der Waals surface area contributed by atoms with Crippen LogP contribution in [-0.4, -0.2) is 32.7 Å². The molecule has 92 valence electrons. The second kappa shape index (κ2) is 5.23. The minimum absolute atomic E-state index is 0.110. The molecule has 0 unspecified atom stereocenters. The second-order valence-corrected chi connectivity index (χ2v) is 6.72. The van der Waals surface area contributed by atoms with Crippen molar-refractivity contribution in [3.05, 3.63) is 0 Å². The molecule has 1 saturated heterocycles. The number of carbonyl (C=O) groups is 1. The molecule has 1 fully saturated rings. The van der Waals surface area contributed by atoms with Crippen molar-refractivity contribution < 1.29 is 9.00 Å². The van der Waals surface area contributed by atoms with E-state index in [0.29, 0.717) is 11.5 Å². The summed E-state index contributed by atoms with van der Waals surface area (Å²) in [5, 5.41) is 2.92. The summed E-state index contributed by atoms with van der Waals surface area (Å²) in [7, 11) is -0.707. The third-order valence-corrected chi connectivity index (χ3v) is 4.80. The van der Waals surface area contributed by atoms with Gasteiger partial charge in [-0.3, -0.25) is 9.00 Å². The Morgan fingerprint density at radius 2 is 1.94 bits per heavy atom. The van der Waals surface area contributed by atoms with Crippen molar-refractivity contribution in [1.82, 2.24) is 5.32 Å². The summed E-state index contributed by atoms with van der Waals surface area (Å²) in [6.45, 7) is 3.43. The number of amides is 1. The SMILES string of the molecule is CC(C)(C(=O)NC1CCS(=O)CC1)C(N)=S. The summed E-state index contributed by atoms with van der Waals surface area (Å²) in [5.74, 6) is 1.19. The Morgan fingerprint density at radius 3 is 2.38 bits per heavy atom. The highest BCUT2D eigenvalue weighted by atomic mass is 32.2. The van der Waals surface area contributed by atoms with Gasteiger partial charge in [-0.25, -0.2) is 0 Å². The van der Waals surface area contributed by atoms with Crippen LogP contribution in [-0.2, 0) is 15.6 Å². The summed E-state index contributed by atoms with van der Waals surface area (Å²) in [6, 6.07) is 0.110. The maximum atomic E-state index is 11.9. The lowest BCUT2D eigenvalue weighted by molar-refractivity contribution is -0.127. The summed E-state index contributed by atoms with van der Waals surface area (Å²) in [4.78, 5) is 12.1. The lowest BCUT2D eigenvalue weighted by Crippen LogP contribution is -2.49. The highest BCUT2D eigenvalue weighted by Crippen LogP contribution is 2.17. The van der Waals surface area contributed by atoms with Crippen molar-refractivity contribution in [3.8, 4) is 0 Å². The van der Waals surface area contributed by atoms with Crippen LogP contribution in [0, 0.1) is 5.41 Å². The Balaban J connectivity index is 2.52. The van der Waals surface area contributed by atoms with Gasteiger partial charge in [0.05, 0.1) is 10.4 Å². The fraction of sp³-hybridized carbons (Fsp3) is 0.800. The predicted octanol–water partition coefficient (Wildman–Crippen LogP) is 0.326. The Labute approximate surface area is 104 Å². The summed E-state index contributed by atoms with van der Waals surface area (Å²) < 4.78 is 11.2. The summed E-state index contributed by atoms with van der Waals surface area (Å²) >= 11 is 4.86. The van der Waals surface area contributed by atoms with Gasteiger partial charge in [0.1, 0.15) is 0 Å². The molecular weight excluding hydrogens is 244 g/mol. The van der Waals surface area contributed by atoms with Crippen LogP contribution in [0.5, 0.6) is 0 Å². The predicted molar refractivity (Wildman–Crippen MR) is 69.6 cm³/mol. The van der Waals surface area contributed by atoms with Gasteiger partial charge in [0.2, 0.25) is 5.91 Å². The van der Waals surface area contributed by atoms with E-state index in [-0.39, 0.29) is 16.9 Å². The van der Waals surface area contributed by atoms with Crippen LogP contribution < -0.4 is 11.1 Å². The fourth-order valence-electron chi connectivity index (χ4n) is 1.42. The number of nitrogens with two attached hydrogens (primary N) is 1. The van der Waals surface area contributed by atoms with E-state index in [1.165, 1.54) is 0 Å². The number of hydrogen-bond donors (Lipinski definition) is 2.